The Morgan fingerprint density at radius 3 is 2.62 bits per heavy atom. The highest BCUT2D eigenvalue weighted by Gasteiger charge is 2.20. The number of hydrogen-bond acceptors (Lipinski definition) is 3. The van der Waals surface area contributed by atoms with Crippen LogP contribution in [0.25, 0.3) is 0 Å². The normalized spacial score (nSPS) is 16.1. The number of hydrogen-bond donors (Lipinski definition) is 1. The Bertz CT molecular complexity index is 199. The summed E-state index contributed by atoms with van der Waals surface area (Å²) in [7, 11) is 0. The van der Waals surface area contributed by atoms with Gasteiger partial charge in [0.15, 0.2) is 0 Å². The van der Waals surface area contributed by atoms with E-state index in [1.807, 2.05) is 0 Å². The van der Waals surface area contributed by atoms with Crippen LogP contribution in [0, 0.1) is 5.92 Å². The third kappa shape index (κ3) is 3.05. The van der Waals surface area contributed by atoms with Crippen LogP contribution in [-0.2, 0) is 14.3 Å². The number of amides is 1. The molecule has 4 heteroatoms. The maximum Gasteiger partial charge on any atom is 0.396 e. The van der Waals surface area contributed by atoms with E-state index in [4.69, 9.17) is 0 Å². The fraction of sp³-hybridized carbons (Fsp3) is 0.778. The first-order valence-electron chi connectivity index (χ1n) is 4.69. The molecule has 0 spiro atoms. The Morgan fingerprint density at radius 1 is 1.46 bits per heavy atom. The van der Waals surface area contributed by atoms with Crippen molar-refractivity contribution in [3.63, 3.8) is 0 Å². The molecule has 0 atom stereocenters. The maximum absolute atomic E-state index is 11.0. The Balaban J connectivity index is 2.12. The monoisotopic (exact) mass is 185 g/mol. The van der Waals surface area contributed by atoms with Crippen LogP contribution in [0.15, 0.2) is 0 Å². The van der Waals surface area contributed by atoms with Crippen molar-refractivity contribution in [1.82, 2.24) is 5.32 Å². The molecule has 0 radical (unpaired) electrons. The SMILES string of the molecule is CCOC(=O)C(=O)NCC1CCC1. The summed E-state index contributed by atoms with van der Waals surface area (Å²) in [4.78, 5) is 21.8. The van der Waals surface area contributed by atoms with Gasteiger partial charge in [0.05, 0.1) is 6.61 Å². The average Bonchev–Trinajstić information content (AvgIpc) is 2.01. The minimum Gasteiger partial charge on any atom is -0.459 e. The third-order valence-electron chi connectivity index (χ3n) is 2.24. The molecule has 0 aromatic carbocycles. The summed E-state index contributed by atoms with van der Waals surface area (Å²) in [5, 5.41) is 2.56. The number of carbonyl (C=O) groups is 2. The van der Waals surface area contributed by atoms with Gasteiger partial charge in [-0.15, -0.1) is 0 Å². The average molecular weight is 185 g/mol. The van der Waals surface area contributed by atoms with E-state index >= 15 is 0 Å². The van der Waals surface area contributed by atoms with Crippen molar-refractivity contribution in [2.75, 3.05) is 13.2 Å². The zero-order chi connectivity index (χ0) is 9.68. The maximum atomic E-state index is 11.0. The highest BCUT2D eigenvalue weighted by molar-refractivity contribution is 6.32. The number of ether oxygens (including phenoxy) is 1. The van der Waals surface area contributed by atoms with Crippen molar-refractivity contribution in [1.29, 1.82) is 0 Å². The molecule has 4 nitrogen and oxygen atoms in total. The minimum absolute atomic E-state index is 0.246. The van der Waals surface area contributed by atoms with Crippen LogP contribution in [0.2, 0.25) is 0 Å². The molecule has 0 aromatic heterocycles. The van der Waals surface area contributed by atoms with Gasteiger partial charge in [-0.05, 0) is 25.7 Å². The van der Waals surface area contributed by atoms with E-state index in [-0.39, 0.29) is 6.61 Å². The second-order valence-corrected chi connectivity index (χ2v) is 3.23. The van der Waals surface area contributed by atoms with Crippen LogP contribution in [0.3, 0.4) is 0 Å². The lowest BCUT2D eigenvalue weighted by atomic mass is 9.85. The molecule has 13 heavy (non-hydrogen) atoms. The van der Waals surface area contributed by atoms with Gasteiger partial charge in [0, 0.05) is 6.54 Å². The zero-order valence-electron chi connectivity index (χ0n) is 7.84. The molecular formula is C9H15NO3. The standard InChI is InChI=1S/C9H15NO3/c1-2-13-9(12)8(11)10-6-7-4-3-5-7/h7H,2-6H2,1H3,(H,10,11). The quantitative estimate of drug-likeness (QED) is 0.513. The minimum atomic E-state index is -0.776. The summed E-state index contributed by atoms with van der Waals surface area (Å²) in [6.45, 7) is 2.53. The number of carbonyl (C=O) groups excluding carboxylic acids is 2. The topological polar surface area (TPSA) is 55.4 Å². The molecule has 0 heterocycles. The molecular weight excluding hydrogens is 170 g/mol. The molecule has 1 rings (SSSR count). The van der Waals surface area contributed by atoms with Crippen LogP contribution in [0.4, 0.5) is 0 Å². The van der Waals surface area contributed by atoms with Gasteiger partial charge in [-0.25, -0.2) is 4.79 Å². The third-order valence-corrected chi connectivity index (χ3v) is 2.24. The highest BCUT2D eigenvalue weighted by atomic mass is 16.5. The molecule has 1 N–H and O–H groups in total. The molecule has 0 unspecified atom stereocenters. The zero-order valence-corrected chi connectivity index (χ0v) is 7.84. The van der Waals surface area contributed by atoms with Gasteiger partial charge in [0.2, 0.25) is 0 Å². The fourth-order valence-corrected chi connectivity index (χ4v) is 1.20. The Labute approximate surface area is 77.6 Å². The summed E-state index contributed by atoms with van der Waals surface area (Å²) in [6.07, 6.45) is 3.55. The Hall–Kier alpha value is -1.06. The van der Waals surface area contributed by atoms with Crippen molar-refractivity contribution in [3.05, 3.63) is 0 Å². The van der Waals surface area contributed by atoms with Crippen molar-refractivity contribution in [3.8, 4) is 0 Å². The molecule has 0 saturated heterocycles. The van der Waals surface area contributed by atoms with Crippen molar-refractivity contribution in [2.24, 2.45) is 5.92 Å². The van der Waals surface area contributed by atoms with Crippen LogP contribution in [0.1, 0.15) is 26.2 Å². The van der Waals surface area contributed by atoms with Crippen molar-refractivity contribution >= 4 is 11.9 Å². The molecule has 1 aliphatic carbocycles. The van der Waals surface area contributed by atoms with Gasteiger partial charge in [0.25, 0.3) is 0 Å². The molecule has 1 aliphatic rings. The van der Waals surface area contributed by atoms with E-state index in [2.05, 4.69) is 10.1 Å². The van der Waals surface area contributed by atoms with Crippen molar-refractivity contribution < 1.29 is 14.3 Å². The van der Waals surface area contributed by atoms with Gasteiger partial charge in [-0.3, -0.25) is 4.79 Å². The summed E-state index contributed by atoms with van der Waals surface area (Å²) in [6, 6.07) is 0. The lowest BCUT2D eigenvalue weighted by Crippen LogP contribution is -2.37. The Morgan fingerprint density at radius 2 is 2.15 bits per heavy atom. The second-order valence-electron chi connectivity index (χ2n) is 3.23. The van der Waals surface area contributed by atoms with E-state index in [1.54, 1.807) is 6.92 Å². The summed E-state index contributed by atoms with van der Waals surface area (Å²) in [5.74, 6) is -0.825. The Kier molecular flexibility index (Phi) is 3.73. The summed E-state index contributed by atoms with van der Waals surface area (Å²) in [5.41, 5.74) is 0. The second kappa shape index (κ2) is 4.84. The van der Waals surface area contributed by atoms with E-state index in [0.717, 1.165) is 12.8 Å². The van der Waals surface area contributed by atoms with Crippen molar-refractivity contribution in [2.45, 2.75) is 26.2 Å². The van der Waals surface area contributed by atoms with E-state index in [9.17, 15) is 9.59 Å². The van der Waals surface area contributed by atoms with Gasteiger partial charge in [-0.1, -0.05) is 6.42 Å². The largest absolute Gasteiger partial charge is 0.459 e. The van der Waals surface area contributed by atoms with Crippen LogP contribution in [0.5, 0.6) is 0 Å². The molecule has 0 bridgehead atoms. The molecule has 1 saturated carbocycles. The van der Waals surface area contributed by atoms with Crippen LogP contribution < -0.4 is 5.32 Å². The fourth-order valence-electron chi connectivity index (χ4n) is 1.20. The summed E-state index contributed by atoms with van der Waals surface area (Å²) >= 11 is 0. The number of nitrogens with one attached hydrogen (secondary N) is 1. The van der Waals surface area contributed by atoms with Crippen LogP contribution in [-0.4, -0.2) is 25.0 Å². The number of rotatable bonds is 3. The predicted octanol–water partition coefficient (Wildman–Crippen LogP) is 0.466. The first-order valence-corrected chi connectivity index (χ1v) is 4.69. The lowest BCUT2D eigenvalue weighted by Gasteiger charge is -2.24. The predicted molar refractivity (Wildman–Crippen MR) is 47.0 cm³/mol. The van der Waals surface area contributed by atoms with E-state index in [0.29, 0.717) is 12.5 Å². The smallest absolute Gasteiger partial charge is 0.396 e. The molecule has 74 valence electrons. The van der Waals surface area contributed by atoms with Gasteiger partial charge in [0.1, 0.15) is 0 Å². The van der Waals surface area contributed by atoms with Gasteiger partial charge >= 0.3 is 11.9 Å². The van der Waals surface area contributed by atoms with Gasteiger partial charge in [-0.2, -0.15) is 0 Å². The highest BCUT2D eigenvalue weighted by Crippen LogP contribution is 2.24. The van der Waals surface area contributed by atoms with E-state index < -0.39 is 11.9 Å². The first-order chi connectivity index (χ1) is 6.24. The summed E-state index contributed by atoms with van der Waals surface area (Å²) < 4.78 is 4.54. The van der Waals surface area contributed by atoms with Gasteiger partial charge < -0.3 is 10.1 Å². The lowest BCUT2D eigenvalue weighted by molar-refractivity contribution is -0.154. The number of esters is 1. The molecule has 0 aromatic rings. The molecule has 1 amide bonds. The molecule has 1 fully saturated rings. The van der Waals surface area contributed by atoms with Crippen LogP contribution >= 0.6 is 0 Å². The first kappa shape index (κ1) is 10.0. The van der Waals surface area contributed by atoms with E-state index in [1.165, 1.54) is 6.42 Å². The molecule has 0 aliphatic heterocycles.